The minimum atomic E-state index is -0.0728. The largest absolute Gasteiger partial charge is 0.372 e. The van der Waals surface area contributed by atoms with Crippen LogP contribution in [0.15, 0.2) is 66.9 Å². The van der Waals surface area contributed by atoms with E-state index in [0.717, 1.165) is 34.9 Å². The molecule has 29 heavy (non-hydrogen) atoms. The van der Waals surface area contributed by atoms with Gasteiger partial charge in [-0.25, -0.2) is 0 Å². The van der Waals surface area contributed by atoms with Crippen molar-refractivity contribution in [1.29, 1.82) is 0 Å². The molecular formula is C24H25N3OS. The van der Waals surface area contributed by atoms with E-state index in [1.165, 1.54) is 22.4 Å². The number of nitrogens with zero attached hydrogens (tertiary/aromatic N) is 2. The smallest absolute Gasteiger partial charge is 0.265 e. The molecule has 1 amide bonds. The van der Waals surface area contributed by atoms with Crippen molar-refractivity contribution in [3.8, 4) is 5.00 Å². The predicted octanol–water partition coefficient (Wildman–Crippen LogP) is 6.10. The molecule has 0 bridgehead atoms. The van der Waals surface area contributed by atoms with Crippen molar-refractivity contribution in [2.45, 2.75) is 20.8 Å². The number of thiophene rings is 1. The first-order chi connectivity index (χ1) is 14.1. The number of nitrogens with one attached hydrogen (secondary N) is 1. The Hall–Kier alpha value is -3.05. The summed E-state index contributed by atoms with van der Waals surface area (Å²) in [6.45, 7) is 8.27. The minimum absolute atomic E-state index is 0.0728. The van der Waals surface area contributed by atoms with Crippen molar-refractivity contribution in [3.05, 3.63) is 77.3 Å². The Labute approximate surface area is 175 Å². The molecule has 0 unspecified atom stereocenters. The summed E-state index contributed by atoms with van der Waals surface area (Å²) in [7, 11) is 0. The van der Waals surface area contributed by atoms with E-state index in [2.05, 4.69) is 59.0 Å². The number of carbonyl (C=O) groups is 1. The lowest BCUT2D eigenvalue weighted by molar-refractivity contribution is 0.103. The van der Waals surface area contributed by atoms with E-state index in [1.807, 2.05) is 43.5 Å². The van der Waals surface area contributed by atoms with Crippen LogP contribution in [-0.2, 0) is 0 Å². The van der Waals surface area contributed by atoms with Crippen molar-refractivity contribution >= 4 is 39.5 Å². The molecule has 4 aromatic rings. The lowest BCUT2D eigenvalue weighted by Gasteiger charge is -2.22. The number of benzene rings is 2. The molecule has 1 N–H and O–H groups in total. The Morgan fingerprint density at radius 1 is 1.03 bits per heavy atom. The van der Waals surface area contributed by atoms with Crippen LogP contribution in [0.2, 0.25) is 0 Å². The minimum Gasteiger partial charge on any atom is -0.372 e. The van der Waals surface area contributed by atoms with Crippen molar-refractivity contribution in [2.24, 2.45) is 0 Å². The molecule has 2 aromatic carbocycles. The van der Waals surface area contributed by atoms with Gasteiger partial charge >= 0.3 is 0 Å². The number of aryl methyl sites for hydroxylation is 1. The molecule has 0 saturated heterocycles. The summed E-state index contributed by atoms with van der Waals surface area (Å²) in [4.78, 5) is 15.8. The molecule has 2 aromatic heterocycles. The van der Waals surface area contributed by atoms with Gasteiger partial charge in [0.25, 0.3) is 5.91 Å². The number of rotatable bonds is 6. The van der Waals surface area contributed by atoms with Crippen LogP contribution in [0.4, 0.5) is 11.4 Å². The maximum Gasteiger partial charge on any atom is 0.265 e. The number of fused-ring (bicyclic) bond motifs is 1. The Balaban J connectivity index is 1.54. The highest BCUT2D eigenvalue weighted by atomic mass is 32.1. The van der Waals surface area contributed by atoms with Gasteiger partial charge in [-0.3, -0.25) is 4.79 Å². The Kier molecular flexibility index (Phi) is 5.41. The maximum absolute atomic E-state index is 12.8. The standard InChI is InChI=1S/C24H25N3OS/c1-4-26(5-2)19-10-11-20(17(3)16-19)25-24(28)22-12-13-23(29-22)27-15-14-18-8-6-7-9-21(18)27/h6-16H,4-5H2,1-3H3,(H,25,28). The normalized spacial score (nSPS) is 11.0. The van der Waals surface area contributed by atoms with Gasteiger partial charge in [-0.2, -0.15) is 0 Å². The average Bonchev–Trinajstić information content (AvgIpc) is 3.37. The maximum atomic E-state index is 12.8. The zero-order valence-corrected chi connectivity index (χ0v) is 17.8. The molecule has 0 saturated carbocycles. The van der Waals surface area contributed by atoms with E-state index in [9.17, 15) is 4.79 Å². The fourth-order valence-corrected chi connectivity index (χ4v) is 4.51. The second kappa shape index (κ2) is 8.13. The summed E-state index contributed by atoms with van der Waals surface area (Å²) >= 11 is 1.50. The van der Waals surface area contributed by atoms with Gasteiger partial charge in [-0.15, -0.1) is 11.3 Å². The van der Waals surface area contributed by atoms with Crippen LogP contribution in [0.25, 0.3) is 15.9 Å². The topological polar surface area (TPSA) is 37.3 Å². The van der Waals surface area contributed by atoms with Crippen LogP contribution in [0, 0.1) is 6.92 Å². The van der Waals surface area contributed by atoms with Crippen LogP contribution in [-0.4, -0.2) is 23.6 Å². The van der Waals surface area contributed by atoms with Crippen LogP contribution in [0.3, 0.4) is 0 Å². The number of hydrogen-bond acceptors (Lipinski definition) is 3. The molecule has 4 nitrogen and oxygen atoms in total. The molecule has 0 radical (unpaired) electrons. The second-order valence-corrected chi connectivity index (χ2v) is 8.07. The van der Waals surface area contributed by atoms with Gasteiger partial charge in [0, 0.05) is 30.7 Å². The number of hydrogen-bond donors (Lipinski definition) is 1. The molecule has 148 valence electrons. The van der Waals surface area contributed by atoms with Gasteiger partial charge in [-0.05, 0) is 74.2 Å². The lowest BCUT2D eigenvalue weighted by atomic mass is 10.1. The van der Waals surface area contributed by atoms with Crippen LogP contribution < -0.4 is 10.2 Å². The van der Waals surface area contributed by atoms with E-state index in [1.54, 1.807) is 0 Å². The van der Waals surface area contributed by atoms with Crippen molar-refractivity contribution in [2.75, 3.05) is 23.3 Å². The molecule has 0 fully saturated rings. The zero-order valence-electron chi connectivity index (χ0n) is 17.0. The van der Waals surface area contributed by atoms with Crippen molar-refractivity contribution in [1.82, 2.24) is 4.57 Å². The van der Waals surface area contributed by atoms with E-state index < -0.39 is 0 Å². The molecule has 0 aliphatic carbocycles. The molecule has 5 heteroatoms. The Morgan fingerprint density at radius 2 is 1.83 bits per heavy atom. The van der Waals surface area contributed by atoms with Crippen LogP contribution in [0.5, 0.6) is 0 Å². The summed E-state index contributed by atoms with van der Waals surface area (Å²) in [5.74, 6) is -0.0728. The third-order valence-corrected chi connectivity index (χ3v) is 6.32. The fourth-order valence-electron chi connectivity index (χ4n) is 3.61. The molecule has 4 rings (SSSR count). The predicted molar refractivity (Wildman–Crippen MR) is 124 cm³/mol. The highest BCUT2D eigenvalue weighted by Gasteiger charge is 2.13. The van der Waals surface area contributed by atoms with Crippen molar-refractivity contribution < 1.29 is 4.79 Å². The van der Waals surface area contributed by atoms with Gasteiger partial charge in [0.2, 0.25) is 0 Å². The number of aromatic nitrogens is 1. The third kappa shape index (κ3) is 3.78. The number of carbonyl (C=O) groups excluding carboxylic acids is 1. The third-order valence-electron chi connectivity index (χ3n) is 5.24. The van der Waals surface area contributed by atoms with Gasteiger partial charge in [-0.1, -0.05) is 18.2 Å². The first-order valence-corrected chi connectivity index (χ1v) is 10.8. The van der Waals surface area contributed by atoms with E-state index in [-0.39, 0.29) is 5.91 Å². The molecule has 2 heterocycles. The second-order valence-electron chi connectivity index (χ2n) is 7.01. The van der Waals surface area contributed by atoms with Crippen molar-refractivity contribution in [3.63, 3.8) is 0 Å². The van der Waals surface area contributed by atoms with E-state index in [4.69, 9.17) is 0 Å². The summed E-state index contributed by atoms with van der Waals surface area (Å²) < 4.78 is 2.13. The number of para-hydroxylation sites is 1. The van der Waals surface area contributed by atoms with Gasteiger partial charge in [0.15, 0.2) is 0 Å². The van der Waals surface area contributed by atoms with Gasteiger partial charge < -0.3 is 14.8 Å². The summed E-state index contributed by atoms with van der Waals surface area (Å²) in [5.41, 5.74) is 4.25. The van der Waals surface area contributed by atoms with Crippen LogP contribution >= 0.6 is 11.3 Å². The quantitative estimate of drug-likeness (QED) is 0.422. The lowest BCUT2D eigenvalue weighted by Crippen LogP contribution is -2.22. The molecular weight excluding hydrogens is 378 g/mol. The van der Waals surface area contributed by atoms with Gasteiger partial charge in [0.05, 0.1) is 10.4 Å². The summed E-state index contributed by atoms with van der Waals surface area (Å²) in [5, 5.41) is 5.29. The summed E-state index contributed by atoms with van der Waals surface area (Å²) in [6.07, 6.45) is 2.05. The Bertz CT molecular complexity index is 1150. The summed E-state index contributed by atoms with van der Waals surface area (Å²) in [6, 6.07) is 20.4. The zero-order chi connectivity index (χ0) is 20.4. The first-order valence-electron chi connectivity index (χ1n) is 9.94. The number of anilines is 2. The van der Waals surface area contributed by atoms with Gasteiger partial charge in [0.1, 0.15) is 5.00 Å². The molecule has 0 aliphatic heterocycles. The SMILES string of the molecule is CCN(CC)c1ccc(NC(=O)c2ccc(-n3ccc4ccccc43)s2)c(C)c1. The molecule has 0 atom stereocenters. The van der Waals surface area contributed by atoms with E-state index >= 15 is 0 Å². The Morgan fingerprint density at radius 3 is 2.59 bits per heavy atom. The number of amides is 1. The first kappa shape index (κ1) is 19.3. The van der Waals surface area contributed by atoms with E-state index in [0.29, 0.717) is 4.88 Å². The fraction of sp³-hybridized carbons (Fsp3) is 0.208. The highest BCUT2D eigenvalue weighted by molar-refractivity contribution is 7.16. The molecule has 0 aliphatic rings. The molecule has 0 spiro atoms. The average molecular weight is 404 g/mol. The highest BCUT2D eigenvalue weighted by Crippen LogP contribution is 2.28. The monoisotopic (exact) mass is 403 g/mol. The van der Waals surface area contributed by atoms with Crippen LogP contribution in [0.1, 0.15) is 29.1 Å².